The van der Waals surface area contributed by atoms with E-state index >= 15 is 0 Å². The molecule has 152 valence electrons. The maximum absolute atomic E-state index is 14.7. The molecule has 1 amide bonds. The molecule has 0 aliphatic carbocycles. The summed E-state index contributed by atoms with van der Waals surface area (Å²) in [5.74, 6) is -1.74. The molecule has 2 aromatic rings. The molecular weight excluding hydrogens is 411 g/mol. The highest BCUT2D eigenvalue weighted by molar-refractivity contribution is 6.83. The third-order valence-electron chi connectivity index (χ3n) is 4.48. The number of carbonyl (C=O) groups excluding carboxylic acids is 2. The Bertz CT molecular complexity index is 1000. The zero-order chi connectivity index (χ0) is 21.3. The van der Waals surface area contributed by atoms with Gasteiger partial charge in [-0.3, -0.25) is 9.79 Å². The zero-order valence-electron chi connectivity index (χ0n) is 16.7. The van der Waals surface area contributed by atoms with Crippen LogP contribution in [0.4, 0.5) is 10.1 Å². The van der Waals surface area contributed by atoms with Crippen LogP contribution < -0.4 is 4.57 Å². The number of hydrogen-bond donors (Lipinski definition) is 0. The fraction of sp³-hybridized carbons (Fsp3) is 0.286. The van der Waals surface area contributed by atoms with Crippen LogP contribution in [-0.4, -0.2) is 38.5 Å². The van der Waals surface area contributed by atoms with Crippen LogP contribution in [0.3, 0.4) is 0 Å². The Morgan fingerprint density at radius 2 is 1.90 bits per heavy atom. The van der Waals surface area contributed by atoms with E-state index in [4.69, 9.17) is 16.3 Å². The Morgan fingerprint density at radius 1 is 1.21 bits per heavy atom. The maximum Gasteiger partial charge on any atom is 0.340 e. The number of benzene rings is 2. The summed E-state index contributed by atoms with van der Waals surface area (Å²) in [5, 5.41) is 0.422. The van der Waals surface area contributed by atoms with Crippen LogP contribution in [0, 0.1) is 5.82 Å². The molecule has 0 saturated carbocycles. The molecule has 3 rings (SSSR count). The second kappa shape index (κ2) is 8.08. The molecule has 2 aromatic carbocycles. The van der Waals surface area contributed by atoms with Crippen molar-refractivity contribution in [1.82, 2.24) is 0 Å². The van der Waals surface area contributed by atoms with Gasteiger partial charge >= 0.3 is 5.97 Å². The summed E-state index contributed by atoms with van der Waals surface area (Å²) in [6, 6.07) is 9.74. The van der Waals surface area contributed by atoms with Gasteiger partial charge in [0.05, 0.1) is 12.3 Å². The Kier molecular flexibility index (Phi) is 5.91. The third-order valence-corrected chi connectivity index (χ3v) is 6.51. The predicted octanol–water partition coefficient (Wildman–Crippen LogP) is 4.43. The highest BCUT2D eigenvalue weighted by Gasteiger charge is 2.42. The van der Waals surface area contributed by atoms with Crippen molar-refractivity contribution >= 4 is 43.1 Å². The lowest BCUT2D eigenvalue weighted by molar-refractivity contribution is -0.147. The summed E-state index contributed by atoms with van der Waals surface area (Å²) < 4.78 is 21.4. The van der Waals surface area contributed by atoms with E-state index in [1.54, 1.807) is 47.9 Å². The second-order valence-corrected chi connectivity index (χ2v) is 12.8. The van der Waals surface area contributed by atoms with E-state index in [0.717, 1.165) is 0 Å². The van der Waals surface area contributed by atoms with Gasteiger partial charge in [0.2, 0.25) is 6.04 Å². The Hall–Kier alpha value is -2.51. The molecule has 0 saturated heterocycles. The summed E-state index contributed by atoms with van der Waals surface area (Å²) >= 11 is 6.24. The first-order valence-corrected chi connectivity index (χ1v) is 13.1. The molecule has 0 radical (unpaired) electrons. The number of halogens is 2. The number of ether oxygens (including phenoxy) is 1. The standard InChI is InChI=1S/C21H22ClFN2O3Si/c1-5-28-21(27)19-20(26)25(29(2,3)4)17-11-10-13(22)12-15(17)18(24-19)14-8-6-7-9-16(14)23/h6-12,19H,5H2,1-4H3. The van der Waals surface area contributed by atoms with Crippen LogP contribution >= 0.6 is 11.6 Å². The molecule has 8 heteroatoms. The summed E-state index contributed by atoms with van der Waals surface area (Å²) in [6.07, 6.45) is 0. The van der Waals surface area contributed by atoms with Crippen LogP contribution in [0.1, 0.15) is 18.1 Å². The van der Waals surface area contributed by atoms with Crippen molar-refractivity contribution < 1.29 is 18.7 Å². The number of anilines is 1. The lowest BCUT2D eigenvalue weighted by Gasteiger charge is -2.35. The summed E-state index contributed by atoms with van der Waals surface area (Å²) in [7, 11) is -2.31. The lowest BCUT2D eigenvalue weighted by Crippen LogP contribution is -2.54. The van der Waals surface area contributed by atoms with Crippen LogP contribution in [0.25, 0.3) is 0 Å². The van der Waals surface area contributed by atoms with Gasteiger partial charge < -0.3 is 9.30 Å². The van der Waals surface area contributed by atoms with Crippen molar-refractivity contribution in [2.75, 3.05) is 11.2 Å². The van der Waals surface area contributed by atoms with E-state index < -0.39 is 32.0 Å². The monoisotopic (exact) mass is 432 g/mol. The lowest BCUT2D eigenvalue weighted by atomic mass is 10.00. The van der Waals surface area contributed by atoms with E-state index in [1.807, 2.05) is 19.6 Å². The normalized spacial score (nSPS) is 16.8. The average Bonchev–Trinajstić information content (AvgIpc) is 2.76. The van der Waals surface area contributed by atoms with Gasteiger partial charge in [-0.05, 0) is 37.3 Å². The number of rotatable bonds is 4. The first kappa shape index (κ1) is 21.2. The number of fused-ring (bicyclic) bond motifs is 1. The van der Waals surface area contributed by atoms with Crippen molar-refractivity contribution in [2.24, 2.45) is 4.99 Å². The summed E-state index contributed by atoms with van der Waals surface area (Å²) in [6.45, 7) is 7.73. The van der Waals surface area contributed by atoms with E-state index in [-0.39, 0.29) is 17.9 Å². The SMILES string of the molecule is CCOC(=O)C1N=C(c2ccccc2F)c2cc(Cl)ccc2N([Si](C)(C)C)C1=O. The molecule has 1 aliphatic heterocycles. The minimum absolute atomic E-state index is 0.110. The topological polar surface area (TPSA) is 59.0 Å². The van der Waals surface area contributed by atoms with Gasteiger partial charge in [0.25, 0.3) is 5.91 Å². The maximum atomic E-state index is 14.7. The van der Waals surface area contributed by atoms with Crippen molar-refractivity contribution in [3.05, 3.63) is 64.4 Å². The molecular formula is C21H22ClFN2O3Si. The number of nitrogens with zero attached hydrogens (tertiary/aromatic N) is 2. The molecule has 0 bridgehead atoms. The zero-order valence-corrected chi connectivity index (χ0v) is 18.5. The summed E-state index contributed by atoms with van der Waals surface area (Å²) in [5.41, 5.74) is 1.46. The highest BCUT2D eigenvalue weighted by Crippen LogP contribution is 2.34. The minimum Gasteiger partial charge on any atom is -0.464 e. The number of benzodiazepines with no additional fused rings is 1. The highest BCUT2D eigenvalue weighted by atomic mass is 35.5. The van der Waals surface area contributed by atoms with E-state index in [0.29, 0.717) is 16.3 Å². The van der Waals surface area contributed by atoms with Gasteiger partial charge in [-0.1, -0.05) is 43.4 Å². The van der Waals surface area contributed by atoms with Gasteiger partial charge in [0, 0.05) is 21.8 Å². The fourth-order valence-electron chi connectivity index (χ4n) is 3.32. The number of amides is 1. The molecule has 1 heterocycles. The molecule has 0 N–H and O–H groups in total. The first-order valence-electron chi connectivity index (χ1n) is 9.28. The number of hydrogen-bond acceptors (Lipinski definition) is 4. The van der Waals surface area contributed by atoms with Gasteiger partial charge in [-0.25, -0.2) is 9.18 Å². The Labute approximate surface area is 175 Å². The van der Waals surface area contributed by atoms with E-state index in [9.17, 15) is 14.0 Å². The van der Waals surface area contributed by atoms with Gasteiger partial charge in [-0.15, -0.1) is 0 Å². The smallest absolute Gasteiger partial charge is 0.340 e. The third kappa shape index (κ3) is 4.11. The molecule has 29 heavy (non-hydrogen) atoms. The number of esters is 1. The first-order chi connectivity index (χ1) is 13.6. The van der Waals surface area contributed by atoms with Crippen LogP contribution in [0.5, 0.6) is 0 Å². The van der Waals surface area contributed by atoms with Crippen LogP contribution in [0.2, 0.25) is 24.7 Å². The van der Waals surface area contributed by atoms with Crippen molar-refractivity contribution in [1.29, 1.82) is 0 Å². The van der Waals surface area contributed by atoms with Crippen molar-refractivity contribution in [2.45, 2.75) is 32.6 Å². The predicted molar refractivity (Wildman–Crippen MR) is 115 cm³/mol. The van der Waals surface area contributed by atoms with Gasteiger partial charge in [0.15, 0.2) is 8.24 Å². The second-order valence-electron chi connectivity index (χ2n) is 7.62. The largest absolute Gasteiger partial charge is 0.464 e. The molecule has 0 aromatic heterocycles. The summed E-state index contributed by atoms with van der Waals surface area (Å²) in [4.78, 5) is 30.5. The minimum atomic E-state index is -2.31. The Morgan fingerprint density at radius 3 is 2.52 bits per heavy atom. The quantitative estimate of drug-likeness (QED) is 0.408. The molecule has 1 atom stereocenters. The molecule has 0 fully saturated rings. The molecule has 1 unspecified atom stereocenters. The molecule has 5 nitrogen and oxygen atoms in total. The fourth-order valence-corrected chi connectivity index (χ4v) is 5.20. The molecule has 1 aliphatic rings. The number of aliphatic imine (C=N–C) groups is 1. The van der Waals surface area contributed by atoms with Gasteiger partial charge in [0.1, 0.15) is 5.82 Å². The van der Waals surface area contributed by atoms with Crippen molar-refractivity contribution in [3.63, 3.8) is 0 Å². The van der Waals surface area contributed by atoms with E-state index in [2.05, 4.69) is 4.99 Å². The Balaban J connectivity index is 2.35. The van der Waals surface area contributed by atoms with Gasteiger partial charge in [-0.2, -0.15) is 0 Å². The van der Waals surface area contributed by atoms with Crippen LogP contribution in [0.15, 0.2) is 47.5 Å². The number of carbonyl (C=O) groups is 2. The van der Waals surface area contributed by atoms with Crippen LogP contribution in [-0.2, 0) is 14.3 Å². The van der Waals surface area contributed by atoms with E-state index in [1.165, 1.54) is 6.07 Å². The molecule has 0 spiro atoms. The average molecular weight is 433 g/mol. The van der Waals surface area contributed by atoms with Crippen molar-refractivity contribution in [3.8, 4) is 0 Å².